The van der Waals surface area contributed by atoms with E-state index < -0.39 is 17.3 Å². The first-order valence-corrected chi connectivity index (χ1v) is 8.36. The van der Waals surface area contributed by atoms with Gasteiger partial charge in [-0.3, -0.25) is 14.4 Å². The lowest BCUT2D eigenvalue weighted by molar-refractivity contribution is -0.141. The molecule has 1 aromatic carbocycles. The van der Waals surface area contributed by atoms with Crippen LogP contribution < -0.4 is 21.2 Å². The standard InChI is InChI=1S/C18H26N4O5/c1-6-27-15(23)10-14(19)21-22-16(24)11-7-8-13(26-5)12(9-11)20-17(25)18(2,3)4/h7-9H,6,10H2,1-5H3,(H2,19,21)(H,20,25)(H,22,24). The first-order valence-electron chi connectivity index (χ1n) is 8.36. The van der Waals surface area contributed by atoms with Crippen molar-refractivity contribution in [3.63, 3.8) is 0 Å². The number of hydrazone groups is 1. The van der Waals surface area contributed by atoms with E-state index in [1.54, 1.807) is 33.8 Å². The molecule has 27 heavy (non-hydrogen) atoms. The van der Waals surface area contributed by atoms with Crippen LogP contribution in [-0.2, 0) is 14.3 Å². The number of anilines is 1. The Morgan fingerprint density at radius 3 is 2.44 bits per heavy atom. The summed E-state index contributed by atoms with van der Waals surface area (Å²) in [5.41, 5.74) is 7.80. The van der Waals surface area contributed by atoms with Gasteiger partial charge in [-0.25, -0.2) is 5.43 Å². The minimum Gasteiger partial charge on any atom is -0.495 e. The highest BCUT2D eigenvalue weighted by Crippen LogP contribution is 2.27. The van der Waals surface area contributed by atoms with Crippen molar-refractivity contribution in [3.8, 4) is 5.75 Å². The Hall–Kier alpha value is -3.10. The van der Waals surface area contributed by atoms with E-state index in [1.807, 2.05) is 0 Å². The molecule has 148 valence electrons. The minimum atomic E-state index is -0.616. The highest BCUT2D eigenvalue weighted by Gasteiger charge is 2.23. The van der Waals surface area contributed by atoms with Gasteiger partial charge in [0.1, 0.15) is 18.0 Å². The van der Waals surface area contributed by atoms with Gasteiger partial charge in [0.2, 0.25) is 5.91 Å². The summed E-state index contributed by atoms with van der Waals surface area (Å²) < 4.78 is 9.96. The van der Waals surface area contributed by atoms with E-state index >= 15 is 0 Å². The third-order valence-electron chi connectivity index (χ3n) is 3.32. The zero-order valence-corrected chi connectivity index (χ0v) is 16.2. The molecular formula is C18H26N4O5. The first kappa shape index (κ1) is 21.9. The van der Waals surface area contributed by atoms with Gasteiger partial charge in [-0.2, -0.15) is 5.10 Å². The molecule has 0 atom stereocenters. The number of hydrogen-bond acceptors (Lipinski definition) is 6. The number of methoxy groups -OCH3 is 1. The SMILES string of the molecule is CCOC(=O)C/C(N)=N/NC(=O)c1ccc(OC)c(NC(=O)C(C)(C)C)c1. The number of nitrogens with two attached hydrogens (primary N) is 1. The molecule has 0 aromatic heterocycles. The van der Waals surface area contributed by atoms with Crippen LogP contribution in [0.3, 0.4) is 0 Å². The lowest BCUT2D eigenvalue weighted by atomic mass is 9.95. The van der Waals surface area contributed by atoms with Crippen molar-refractivity contribution < 1.29 is 23.9 Å². The Balaban J connectivity index is 2.90. The van der Waals surface area contributed by atoms with E-state index in [0.29, 0.717) is 11.4 Å². The van der Waals surface area contributed by atoms with Gasteiger partial charge < -0.3 is 20.5 Å². The normalized spacial score (nSPS) is 11.5. The molecule has 0 saturated heterocycles. The maximum absolute atomic E-state index is 12.3. The monoisotopic (exact) mass is 378 g/mol. The summed E-state index contributed by atoms with van der Waals surface area (Å²) in [7, 11) is 1.46. The van der Waals surface area contributed by atoms with Crippen LogP contribution in [-0.4, -0.2) is 37.3 Å². The molecule has 0 radical (unpaired) electrons. The van der Waals surface area contributed by atoms with Crippen molar-refractivity contribution in [3.05, 3.63) is 23.8 Å². The number of amidine groups is 1. The third-order valence-corrected chi connectivity index (χ3v) is 3.32. The molecule has 1 rings (SSSR count). The second kappa shape index (κ2) is 9.56. The maximum atomic E-state index is 12.3. The fraction of sp³-hybridized carbons (Fsp3) is 0.444. The Bertz CT molecular complexity index is 738. The number of nitrogens with zero attached hydrogens (tertiary/aromatic N) is 1. The van der Waals surface area contributed by atoms with E-state index in [-0.39, 0.29) is 30.3 Å². The minimum absolute atomic E-state index is 0.0865. The summed E-state index contributed by atoms with van der Waals surface area (Å²) in [5, 5.41) is 6.41. The first-order chi connectivity index (χ1) is 12.6. The van der Waals surface area contributed by atoms with Crippen LogP contribution in [0.1, 0.15) is 44.5 Å². The number of benzene rings is 1. The molecule has 0 fully saturated rings. The summed E-state index contributed by atoms with van der Waals surface area (Å²) in [6.07, 6.45) is -0.233. The van der Waals surface area contributed by atoms with Gasteiger partial charge in [0.15, 0.2) is 0 Å². The van der Waals surface area contributed by atoms with Crippen LogP contribution in [0.2, 0.25) is 0 Å². The van der Waals surface area contributed by atoms with Crippen molar-refractivity contribution in [2.75, 3.05) is 19.0 Å². The molecule has 0 bridgehead atoms. The maximum Gasteiger partial charge on any atom is 0.313 e. The van der Waals surface area contributed by atoms with Crippen molar-refractivity contribution in [2.24, 2.45) is 16.3 Å². The number of rotatable bonds is 7. The number of carbonyl (C=O) groups is 3. The number of ether oxygens (including phenoxy) is 2. The molecule has 0 heterocycles. The van der Waals surface area contributed by atoms with Crippen molar-refractivity contribution in [1.82, 2.24) is 5.43 Å². The quantitative estimate of drug-likeness (QED) is 0.286. The highest BCUT2D eigenvalue weighted by molar-refractivity contribution is 6.01. The van der Waals surface area contributed by atoms with E-state index in [9.17, 15) is 14.4 Å². The van der Waals surface area contributed by atoms with E-state index in [1.165, 1.54) is 19.2 Å². The van der Waals surface area contributed by atoms with E-state index in [0.717, 1.165) is 0 Å². The summed E-state index contributed by atoms with van der Waals surface area (Å²) in [6.45, 7) is 7.21. The fourth-order valence-electron chi connectivity index (χ4n) is 1.84. The van der Waals surface area contributed by atoms with Gasteiger partial charge >= 0.3 is 5.97 Å². The van der Waals surface area contributed by atoms with Crippen LogP contribution in [0.4, 0.5) is 5.69 Å². The number of amides is 2. The van der Waals surface area contributed by atoms with Crippen LogP contribution >= 0.6 is 0 Å². The second-order valence-electron chi connectivity index (χ2n) is 6.65. The molecule has 0 aliphatic rings. The van der Waals surface area contributed by atoms with Crippen LogP contribution in [0, 0.1) is 5.41 Å². The Kier molecular flexibility index (Phi) is 7.77. The molecule has 0 unspecified atom stereocenters. The fourth-order valence-corrected chi connectivity index (χ4v) is 1.84. The molecule has 0 aliphatic heterocycles. The van der Waals surface area contributed by atoms with Gasteiger partial charge in [0.05, 0.1) is 19.4 Å². The van der Waals surface area contributed by atoms with Crippen LogP contribution in [0.5, 0.6) is 5.75 Å². The van der Waals surface area contributed by atoms with Gasteiger partial charge in [-0.15, -0.1) is 0 Å². The zero-order valence-electron chi connectivity index (χ0n) is 16.2. The molecule has 4 N–H and O–H groups in total. The summed E-state index contributed by atoms with van der Waals surface area (Å²) >= 11 is 0. The van der Waals surface area contributed by atoms with Gasteiger partial charge in [-0.1, -0.05) is 20.8 Å². The molecule has 9 heteroatoms. The molecule has 0 saturated carbocycles. The van der Waals surface area contributed by atoms with Crippen molar-refractivity contribution >= 4 is 29.3 Å². The molecule has 2 amide bonds. The zero-order chi connectivity index (χ0) is 20.6. The summed E-state index contributed by atoms with van der Waals surface area (Å²) in [5.74, 6) is -0.999. The average molecular weight is 378 g/mol. The van der Waals surface area contributed by atoms with Gasteiger partial charge in [0, 0.05) is 11.0 Å². The topological polar surface area (TPSA) is 132 Å². The molecule has 0 aliphatic carbocycles. The predicted octanol–water partition coefficient (Wildman–Crippen LogP) is 1.63. The van der Waals surface area contributed by atoms with E-state index in [4.69, 9.17) is 15.2 Å². The Morgan fingerprint density at radius 2 is 1.89 bits per heavy atom. The molecule has 0 spiro atoms. The van der Waals surface area contributed by atoms with Crippen molar-refractivity contribution in [2.45, 2.75) is 34.1 Å². The number of nitrogens with one attached hydrogen (secondary N) is 2. The Morgan fingerprint density at radius 1 is 1.22 bits per heavy atom. The number of carbonyl (C=O) groups excluding carboxylic acids is 3. The smallest absolute Gasteiger partial charge is 0.313 e. The van der Waals surface area contributed by atoms with Crippen molar-refractivity contribution in [1.29, 1.82) is 0 Å². The third kappa shape index (κ3) is 6.96. The lowest BCUT2D eigenvalue weighted by Crippen LogP contribution is -2.28. The van der Waals surface area contributed by atoms with Gasteiger partial charge in [0.25, 0.3) is 5.91 Å². The molecular weight excluding hydrogens is 352 g/mol. The van der Waals surface area contributed by atoms with Crippen LogP contribution in [0.15, 0.2) is 23.3 Å². The Labute approximate surface area is 158 Å². The van der Waals surface area contributed by atoms with Gasteiger partial charge in [-0.05, 0) is 25.1 Å². The summed E-state index contributed by atoms with van der Waals surface area (Å²) in [4.78, 5) is 35.8. The second-order valence-corrected chi connectivity index (χ2v) is 6.65. The number of hydrogen-bond donors (Lipinski definition) is 3. The predicted molar refractivity (Wildman–Crippen MR) is 101 cm³/mol. The molecule has 9 nitrogen and oxygen atoms in total. The van der Waals surface area contributed by atoms with E-state index in [2.05, 4.69) is 15.8 Å². The largest absolute Gasteiger partial charge is 0.495 e. The van der Waals surface area contributed by atoms with Crippen LogP contribution in [0.25, 0.3) is 0 Å². The average Bonchev–Trinajstić information content (AvgIpc) is 2.58. The number of esters is 1. The lowest BCUT2D eigenvalue weighted by Gasteiger charge is -2.19. The highest BCUT2D eigenvalue weighted by atomic mass is 16.5. The summed E-state index contributed by atoms with van der Waals surface area (Å²) in [6, 6.07) is 4.53. The molecule has 1 aromatic rings.